The lowest BCUT2D eigenvalue weighted by molar-refractivity contribution is -0.754. The van der Waals surface area contributed by atoms with Crippen LogP contribution in [0.4, 0.5) is 11.8 Å². The number of H-pyrrole nitrogens is 1. The number of aryl methyl sites for hydroxylation is 2. The van der Waals surface area contributed by atoms with Crippen molar-refractivity contribution in [1.29, 1.82) is 0 Å². The van der Waals surface area contributed by atoms with Crippen LogP contribution in [-0.4, -0.2) is 136 Å². The van der Waals surface area contributed by atoms with Gasteiger partial charge in [0.25, 0.3) is 17.5 Å². The van der Waals surface area contributed by atoms with Crippen LogP contribution in [0.2, 0.25) is 0 Å². The molecule has 328 valence electrons. The van der Waals surface area contributed by atoms with Gasteiger partial charge in [-0.3, -0.25) is 41.5 Å². The maximum atomic E-state index is 12.8. The highest BCUT2D eigenvalue weighted by Gasteiger charge is 2.51. The molecule has 0 saturated carbocycles. The number of phosphoric acid groups is 3. The number of aliphatic imine (C=N–C) groups is 1. The molecular weight excluding hydrogens is 861 g/mol. The van der Waals surface area contributed by atoms with Gasteiger partial charge in [-0.1, -0.05) is 16.6 Å². The first kappa shape index (κ1) is 45.0. The number of aromatic nitrogens is 6. The summed E-state index contributed by atoms with van der Waals surface area (Å²) in [5.74, 6) is 0.0836. The molecule has 11 atom stereocenters. The molecule has 0 aliphatic carbocycles. The van der Waals surface area contributed by atoms with Gasteiger partial charge in [-0.15, -0.1) is 0 Å². The van der Waals surface area contributed by atoms with Crippen LogP contribution in [-0.2, 0) is 64.6 Å². The average molecular weight is 905 g/mol. The van der Waals surface area contributed by atoms with E-state index in [0.717, 1.165) is 0 Å². The summed E-state index contributed by atoms with van der Waals surface area (Å²) in [7, 11) is -11.3. The molecule has 0 spiro atoms. The Kier molecular flexibility index (Phi) is 13.0. The van der Waals surface area contributed by atoms with Crippen LogP contribution in [0.15, 0.2) is 29.0 Å². The van der Waals surface area contributed by atoms with Gasteiger partial charge in [-0.2, -0.15) is 0 Å². The van der Waals surface area contributed by atoms with Gasteiger partial charge in [0.15, 0.2) is 18.3 Å². The highest BCUT2D eigenvalue weighted by atomic mass is 31.2. The van der Waals surface area contributed by atoms with Crippen LogP contribution >= 0.6 is 23.5 Å². The first-order valence-electron chi connectivity index (χ1n) is 17.0. The largest absolute Gasteiger partial charge is 0.472 e. The van der Waals surface area contributed by atoms with E-state index in [0.29, 0.717) is 17.2 Å². The first-order chi connectivity index (χ1) is 27.5. The van der Waals surface area contributed by atoms with E-state index < -0.39 is 111 Å². The molecule has 2 fully saturated rings. The smallest absolute Gasteiger partial charge is 0.387 e. The quantitative estimate of drug-likeness (QED) is 0.0450. The van der Waals surface area contributed by atoms with Crippen molar-refractivity contribution < 1.29 is 94.6 Å². The number of nitrogen functional groups attached to an aromatic ring is 1. The molecular formula is C27H43N10O19P3+2. The number of aliphatic hydroxyl groups excluding tert-OH is 3. The number of aliphatic hydroxyl groups is 3. The Balaban J connectivity index is 1.04. The molecule has 3 aromatic rings. The summed E-state index contributed by atoms with van der Waals surface area (Å²) in [4.78, 5) is 62.5. The van der Waals surface area contributed by atoms with Crippen molar-refractivity contribution >= 4 is 58.1 Å². The number of phosphoric ester groups is 3. The standard InChI is InChI=1S/C27H41N10O19P3/c1-11-15-21(31-26(28)30-11)37(9-34(15)2)25-20(49-4)18(39)14(55-25)8-53-59(47,48)51-6-12(56-57(42,43)44)5-50-58(45,46)52-7-13-17(38)19(40)24(54-13)36-10-35(3)16-22(36)32-27(29)33-23(16)41/h9-10,12-14,17-20,24-25,38-40H,1,5-8H2,2-4H3,(H8-2,28,29,30,31,32,33,41,42,43,44,45,46,47,48)/p+2/t12?,13-,14?,17-,18-,19-,20-,24?,25-/m1/s1. The molecule has 0 aromatic carbocycles. The van der Waals surface area contributed by atoms with Crippen LogP contribution in [0, 0.1) is 0 Å². The number of rotatable bonds is 17. The zero-order chi connectivity index (χ0) is 43.4. The van der Waals surface area contributed by atoms with Crippen LogP contribution in [0.25, 0.3) is 16.9 Å². The molecule has 59 heavy (non-hydrogen) atoms. The predicted octanol–water partition coefficient (Wildman–Crippen LogP) is -4.38. The van der Waals surface area contributed by atoms with E-state index in [9.17, 15) is 53.4 Å². The minimum atomic E-state index is -5.40. The van der Waals surface area contributed by atoms with Gasteiger partial charge in [0.05, 0.1) is 46.2 Å². The third kappa shape index (κ3) is 9.83. The van der Waals surface area contributed by atoms with Gasteiger partial charge in [0, 0.05) is 7.11 Å². The lowest BCUT2D eigenvalue weighted by Gasteiger charge is -2.22. The average Bonchev–Trinajstić information content (AvgIpc) is 3.83. The Morgan fingerprint density at radius 3 is 2.07 bits per heavy atom. The second-order valence-electron chi connectivity index (χ2n) is 13.3. The highest BCUT2D eigenvalue weighted by Crippen LogP contribution is 2.48. The zero-order valence-electron chi connectivity index (χ0n) is 31.1. The van der Waals surface area contributed by atoms with Crippen LogP contribution in [0.3, 0.4) is 0 Å². The Labute approximate surface area is 331 Å². The lowest BCUT2D eigenvalue weighted by atomic mass is 10.1. The van der Waals surface area contributed by atoms with E-state index in [1.165, 1.54) is 34.2 Å². The fraction of sp³-hybridized carbons (Fsp3) is 0.593. The number of methoxy groups -OCH3 is 1. The predicted molar refractivity (Wildman–Crippen MR) is 192 cm³/mol. The molecule has 5 unspecified atom stereocenters. The highest BCUT2D eigenvalue weighted by molar-refractivity contribution is 7.47. The van der Waals surface area contributed by atoms with Gasteiger partial charge in [0.2, 0.25) is 18.0 Å². The molecule has 0 amide bonds. The number of ether oxygens (including phenoxy) is 3. The van der Waals surface area contributed by atoms with Crippen molar-refractivity contribution in [2.45, 2.75) is 55.2 Å². The first-order valence-corrected chi connectivity index (χ1v) is 21.5. The Bertz CT molecular complexity index is 2310. The molecule has 29 nitrogen and oxygen atoms in total. The minimum Gasteiger partial charge on any atom is -0.387 e. The van der Waals surface area contributed by atoms with Gasteiger partial charge < -0.3 is 65.9 Å². The number of hydrogen-bond donors (Lipinski definition) is 11. The van der Waals surface area contributed by atoms with Crippen molar-refractivity contribution in [3.63, 3.8) is 0 Å². The summed E-state index contributed by atoms with van der Waals surface area (Å²) in [5.41, 5.74) is 11.9. The van der Waals surface area contributed by atoms with E-state index in [1.54, 1.807) is 17.9 Å². The third-order valence-electron chi connectivity index (χ3n) is 9.10. The van der Waals surface area contributed by atoms with Gasteiger partial charge >= 0.3 is 34.9 Å². The number of aromatic amines is 1. The summed E-state index contributed by atoms with van der Waals surface area (Å²) >= 11 is 0. The Hall–Kier alpha value is -3.54. The number of nitrogens with two attached hydrogens (primary N) is 2. The maximum Gasteiger partial charge on any atom is 0.472 e. The molecule has 0 bridgehead atoms. The molecule has 32 heteroatoms. The Morgan fingerprint density at radius 2 is 1.47 bits per heavy atom. The van der Waals surface area contributed by atoms with Gasteiger partial charge in [0.1, 0.15) is 42.7 Å². The monoisotopic (exact) mass is 904 g/mol. The summed E-state index contributed by atoms with van der Waals surface area (Å²) in [6.07, 6.45) is -10.3. The van der Waals surface area contributed by atoms with E-state index in [1.807, 2.05) is 0 Å². The van der Waals surface area contributed by atoms with E-state index in [-0.39, 0.29) is 23.1 Å². The van der Waals surface area contributed by atoms with Crippen molar-refractivity contribution in [2.24, 2.45) is 24.8 Å². The van der Waals surface area contributed by atoms with Crippen molar-refractivity contribution in [3.8, 4) is 0 Å². The minimum absolute atomic E-state index is 0.0241. The van der Waals surface area contributed by atoms with Crippen molar-refractivity contribution in [2.75, 3.05) is 39.3 Å². The topological polar surface area (TPSA) is 406 Å². The van der Waals surface area contributed by atoms with Crippen LogP contribution in [0.1, 0.15) is 18.1 Å². The number of imidazole rings is 2. The summed E-state index contributed by atoms with van der Waals surface area (Å²) < 4.78 is 83.9. The fourth-order valence-corrected chi connectivity index (χ4v) is 8.57. The number of anilines is 1. The molecule has 2 saturated heterocycles. The van der Waals surface area contributed by atoms with Crippen molar-refractivity contribution in [3.05, 3.63) is 35.3 Å². The second-order valence-corrected chi connectivity index (χ2v) is 17.4. The number of fused-ring (bicyclic) bond motifs is 2. The number of guanidine groups is 1. The third-order valence-corrected chi connectivity index (χ3v) is 11.6. The molecule has 6 heterocycles. The van der Waals surface area contributed by atoms with E-state index in [2.05, 4.69) is 31.4 Å². The van der Waals surface area contributed by atoms with E-state index >= 15 is 0 Å². The van der Waals surface area contributed by atoms with Gasteiger partial charge in [-0.25, -0.2) is 22.8 Å². The molecule has 0 radical (unpaired) electrons. The SMILES string of the molecule is C=C1NC(N)=Nc2c1n(C)c[n+]2[C@@H]1OC(COP(=O)(O)OCC(COP(=O)(O)OC[C@H]2OC([n+]3cn(C)c4c(=O)[nH]c(N)nc43)[C@H](O)[C@@H]2O)OP(=O)(O)O)[C@@H](O)[C@H]1OC. The number of nitrogens with zero attached hydrogens (tertiary/aromatic N) is 6. The summed E-state index contributed by atoms with van der Waals surface area (Å²) in [6.45, 7) is -0.148. The molecule has 3 aromatic heterocycles. The van der Waals surface area contributed by atoms with Crippen LogP contribution in [0.5, 0.6) is 0 Å². The molecule has 6 rings (SSSR count). The molecule has 13 N–H and O–H groups in total. The molecule has 3 aliphatic rings. The zero-order valence-corrected chi connectivity index (χ0v) is 33.8. The number of nitrogens with one attached hydrogen (secondary N) is 2. The Morgan fingerprint density at radius 1 is 0.898 bits per heavy atom. The number of hydrogen-bond acceptors (Lipinski definition) is 20. The normalized spacial score (nSPS) is 28.6. The second kappa shape index (κ2) is 17.1. The molecule has 3 aliphatic heterocycles. The fourth-order valence-electron chi connectivity index (χ4n) is 6.53. The maximum absolute atomic E-state index is 12.8. The van der Waals surface area contributed by atoms with Gasteiger partial charge in [-0.05, 0) is 0 Å². The summed E-state index contributed by atoms with van der Waals surface area (Å²) in [6, 6.07) is 0. The lowest BCUT2D eigenvalue weighted by Crippen LogP contribution is -2.47. The van der Waals surface area contributed by atoms with Crippen molar-refractivity contribution in [1.82, 2.24) is 24.4 Å². The van der Waals surface area contributed by atoms with E-state index in [4.69, 9.17) is 43.8 Å². The summed E-state index contributed by atoms with van der Waals surface area (Å²) in [5, 5.41) is 35.1. The van der Waals surface area contributed by atoms with Crippen LogP contribution < -0.4 is 31.5 Å².